The van der Waals surface area contributed by atoms with Gasteiger partial charge in [-0.15, -0.1) is 6.58 Å². The number of rotatable bonds is 9. The second kappa shape index (κ2) is 7.52. The molecule has 0 saturated heterocycles. The summed E-state index contributed by atoms with van der Waals surface area (Å²) < 4.78 is 0. The van der Waals surface area contributed by atoms with Crippen LogP contribution < -0.4 is 5.32 Å². The minimum Gasteiger partial charge on any atom is -0.363 e. The van der Waals surface area contributed by atoms with E-state index in [1.165, 1.54) is 36.8 Å². The van der Waals surface area contributed by atoms with Crippen LogP contribution in [0.25, 0.3) is 0 Å². The average molecular weight is 273 g/mol. The van der Waals surface area contributed by atoms with Gasteiger partial charge in [-0.25, -0.2) is 0 Å². The molecular formula is C19H31N. The maximum Gasteiger partial charge on any atom is 0.0135 e. The normalized spacial score (nSPS) is 16.7. The van der Waals surface area contributed by atoms with Crippen molar-refractivity contribution in [3.05, 3.63) is 48.9 Å². The standard InChI is InChI=1S/C19H31N/c1-15(2)10-9-11-16(3)14-17(4)20-18(5)19(6)12-7-8-13-19/h20H,1,3-5,7-14H2,2,6H3. The third-order valence-electron chi connectivity index (χ3n) is 4.36. The second-order valence-corrected chi connectivity index (χ2v) is 6.71. The van der Waals surface area contributed by atoms with Crippen LogP contribution in [0.3, 0.4) is 0 Å². The number of allylic oxidation sites excluding steroid dienone is 3. The van der Waals surface area contributed by atoms with E-state index < -0.39 is 0 Å². The molecule has 0 heterocycles. The first kappa shape index (κ1) is 16.8. The van der Waals surface area contributed by atoms with Crippen molar-refractivity contribution >= 4 is 0 Å². The van der Waals surface area contributed by atoms with Gasteiger partial charge in [0.2, 0.25) is 0 Å². The Hall–Kier alpha value is -1.24. The maximum absolute atomic E-state index is 4.23. The largest absolute Gasteiger partial charge is 0.363 e. The second-order valence-electron chi connectivity index (χ2n) is 6.71. The summed E-state index contributed by atoms with van der Waals surface area (Å²) in [5.41, 5.74) is 4.91. The summed E-state index contributed by atoms with van der Waals surface area (Å²) in [6, 6.07) is 0. The van der Waals surface area contributed by atoms with Crippen molar-refractivity contribution in [1.29, 1.82) is 0 Å². The summed E-state index contributed by atoms with van der Waals surface area (Å²) in [6.45, 7) is 20.8. The average Bonchev–Trinajstić information content (AvgIpc) is 2.76. The van der Waals surface area contributed by atoms with Crippen molar-refractivity contribution in [2.75, 3.05) is 0 Å². The van der Waals surface area contributed by atoms with Gasteiger partial charge in [0.05, 0.1) is 0 Å². The molecule has 0 aromatic heterocycles. The Morgan fingerprint density at radius 2 is 1.65 bits per heavy atom. The Balaban J connectivity index is 2.30. The molecule has 0 aromatic rings. The van der Waals surface area contributed by atoms with Crippen LogP contribution in [0.5, 0.6) is 0 Å². The highest BCUT2D eigenvalue weighted by Gasteiger charge is 2.31. The van der Waals surface area contributed by atoms with Gasteiger partial charge in [0.25, 0.3) is 0 Å². The summed E-state index contributed by atoms with van der Waals surface area (Å²) in [6.07, 6.45) is 9.25. The van der Waals surface area contributed by atoms with Crippen molar-refractivity contribution in [2.45, 2.75) is 65.2 Å². The highest BCUT2D eigenvalue weighted by Crippen LogP contribution is 2.42. The molecule has 20 heavy (non-hydrogen) atoms. The van der Waals surface area contributed by atoms with Gasteiger partial charge in [-0.3, -0.25) is 0 Å². The summed E-state index contributed by atoms with van der Waals surface area (Å²) in [5, 5.41) is 3.43. The molecule has 112 valence electrons. The van der Waals surface area contributed by atoms with Crippen LogP contribution in [0.4, 0.5) is 0 Å². The third-order valence-corrected chi connectivity index (χ3v) is 4.36. The molecule has 0 radical (unpaired) electrons. The van der Waals surface area contributed by atoms with Crippen LogP contribution in [0.2, 0.25) is 0 Å². The van der Waals surface area contributed by atoms with Crippen LogP contribution in [0, 0.1) is 5.41 Å². The molecule has 0 bridgehead atoms. The van der Waals surface area contributed by atoms with E-state index in [0.29, 0.717) is 0 Å². The first-order valence-corrected chi connectivity index (χ1v) is 7.79. The zero-order valence-corrected chi connectivity index (χ0v) is 13.5. The molecule has 0 aromatic carbocycles. The van der Waals surface area contributed by atoms with Crippen LogP contribution in [-0.2, 0) is 0 Å². The molecule has 0 spiro atoms. The van der Waals surface area contributed by atoms with Crippen molar-refractivity contribution in [1.82, 2.24) is 5.32 Å². The molecule has 1 aliphatic rings. The predicted octanol–water partition coefficient (Wildman–Crippen LogP) is 5.88. The zero-order valence-electron chi connectivity index (χ0n) is 13.5. The fourth-order valence-electron chi connectivity index (χ4n) is 2.90. The highest BCUT2D eigenvalue weighted by molar-refractivity contribution is 5.18. The predicted molar refractivity (Wildman–Crippen MR) is 90.4 cm³/mol. The van der Waals surface area contributed by atoms with Crippen LogP contribution >= 0.6 is 0 Å². The fourth-order valence-corrected chi connectivity index (χ4v) is 2.90. The Morgan fingerprint density at radius 3 is 2.20 bits per heavy atom. The summed E-state index contributed by atoms with van der Waals surface area (Å²) in [7, 11) is 0. The first-order chi connectivity index (χ1) is 9.33. The lowest BCUT2D eigenvalue weighted by Gasteiger charge is -2.28. The quantitative estimate of drug-likeness (QED) is 0.517. The van der Waals surface area contributed by atoms with Gasteiger partial charge < -0.3 is 5.32 Å². The lowest BCUT2D eigenvalue weighted by Crippen LogP contribution is -2.25. The third kappa shape index (κ3) is 5.40. The van der Waals surface area contributed by atoms with E-state index in [1.54, 1.807) is 0 Å². The lowest BCUT2D eigenvalue weighted by atomic mass is 9.85. The van der Waals surface area contributed by atoms with E-state index >= 15 is 0 Å². The topological polar surface area (TPSA) is 12.0 Å². The van der Waals surface area contributed by atoms with Gasteiger partial charge >= 0.3 is 0 Å². The van der Waals surface area contributed by atoms with Crippen molar-refractivity contribution in [2.24, 2.45) is 5.41 Å². The van der Waals surface area contributed by atoms with Crippen molar-refractivity contribution < 1.29 is 0 Å². The SMILES string of the molecule is C=C(C)CCCC(=C)CC(=C)NC(=C)C1(C)CCCC1. The van der Waals surface area contributed by atoms with E-state index in [1.807, 2.05) is 0 Å². The van der Waals surface area contributed by atoms with Gasteiger partial charge in [-0.2, -0.15) is 0 Å². The van der Waals surface area contributed by atoms with Gasteiger partial charge in [0.1, 0.15) is 0 Å². The molecule has 0 amide bonds. The van der Waals surface area contributed by atoms with E-state index in [2.05, 4.69) is 45.5 Å². The fraction of sp³-hybridized carbons (Fsp3) is 0.579. The van der Waals surface area contributed by atoms with E-state index in [0.717, 1.165) is 37.1 Å². The summed E-state index contributed by atoms with van der Waals surface area (Å²) in [4.78, 5) is 0. The van der Waals surface area contributed by atoms with Gasteiger partial charge in [0, 0.05) is 23.2 Å². The molecule has 1 rings (SSSR count). The molecule has 1 nitrogen and oxygen atoms in total. The Bertz CT molecular complexity index is 394. The minimum atomic E-state index is 0.254. The Morgan fingerprint density at radius 1 is 1.05 bits per heavy atom. The van der Waals surface area contributed by atoms with E-state index in [9.17, 15) is 0 Å². The zero-order chi connectivity index (χ0) is 15.2. The molecule has 0 atom stereocenters. The lowest BCUT2D eigenvalue weighted by molar-refractivity contribution is 0.393. The Labute approximate surface area is 125 Å². The molecule has 1 fully saturated rings. The number of hydrogen-bond donors (Lipinski definition) is 1. The van der Waals surface area contributed by atoms with Crippen LogP contribution in [0.1, 0.15) is 65.2 Å². The molecule has 1 aliphatic carbocycles. The molecular weight excluding hydrogens is 242 g/mol. The molecule has 1 N–H and O–H groups in total. The molecule has 1 saturated carbocycles. The summed E-state index contributed by atoms with van der Waals surface area (Å²) >= 11 is 0. The van der Waals surface area contributed by atoms with Crippen molar-refractivity contribution in [3.8, 4) is 0 Å². The maximum atomic E-state index is 4.23. The van der Waals surface area contributed by atoms with Crippen molar-refractivity contribution in [3.63, 3.8) is 0 Å². The van der Waals surface area contributed by atoms with Gasteiger partial charge in [0.15, 0.2) is 0 Å². The van der Waals surface area contributed by atoms with Crippen LogP contribution in [0.15, 0.2) is 48.9 Å². The van der Waals surface area contributed by atoms with E-state index in [4.69, 9.17) is 0 Å². The van der Waals surface area contributed by atoms with E-state index in [-0.39, 0.29) is 5.41 Å². The summed E-state index contributed by atoms with van der Waals surface area (Å²) in [5.74, 6) is 0. The smallest absolute Gasteiger partial charge is 0.0135 e. The van der Waals surface area contributed by atoms with Gasteiger partial charge in [-0.1, -0.05) is 50.6 Å². The number of hydrogen-bond acceptors (Lipinski definition) is 1. The molecule has 0 aliphatic heterocycles. The monoisotopic (exact) mass is 273 g/mol. The van der Waals surface area contributed by atoms with Crippen LogP contribution in [-0.4, -0.2) is 0 Å². The van der Waals surface area contributed by atoms with Gasteiger partial charge in [-0.05, 0) is 39.0 Å². The highest BCUT2D eigenvalue weighted by atomic mass is 14.9. The molecule has 0 unspecified atom stereocenters. The molecule has 1 heteroatoms. The first-order valence-electron chi connectivity index (χ1n) is 7.79. The number of nitrogens with one attached hydrogen (secondary N) is 1. The minimum absolute atomic E-state index is 0.254. The Kier molecular flexibility index (Phi) is 6.32.